The zero-order chi connectivity index (χ0) is 13.1. The number of nitrogens with one attached hydrogen (secondary N) is 1. The maximum Gasteiger partial charge on any atom is 0.147 e. The van der Waals surface area contributed by atoms with Crippen LogP contribution in [-0.4, -0.2) is 37.7 Å². The molecular formula is C13H18N6. The molecule has 19 heavy (non-hydrogen) atoms. The predicted molar refractivity (Wildman–Crippen MR) is 72.5 cm³/mol. The highest BCUT2D eigenvalue weighted by atomic mass is 15.3. The van der Waals surface area contributed by atoms with Crippen LogP contribution >= 0.6 is 0 Å². The molecule has 6 heteroatoms. The van der Waals surface area contributed by atoms with Crippen molar-refractivity contribution < 1.29 is 0 Å². The normalized spacial score (nSPS) is 15.2. The maximum absolute atomic E-state index is 4.29. The Labute approximate surface area is 112 Å². The molecule has 0 saturated heterocycles. The fraction of sp³-hybridized carbons (Fsp3) is 0.462. The first-order chi connectivity index (χ1) is 9.35. The predicted octanol–water partition coefficient (Wildman–Crippen LogP) is 1.12. The average Bonchev–Trinajstić information content (AvgIpc) is 2.87. The van der Waals surface area contributed by atoms with Crippen LogP contribution in [-0.2, 0) is 19.6 Å². The summed E-state index contributed by atoms with van der Waals surface area (Å²) in [7, 11) is 0. The van der Waals surface area contributed by atoms with Crippen LogP contribution in [0.5, 0.6) is 0 Å². The van der Waals surface area contributed by atoms with E-state index in [9.17, 15) is 0 Å². The Balaban J connectivity index is 1.67. The van der Waals surface area contributed by atoms with Crippen molar-refractivity contribution in [1.29, 1.82) is 0 Å². The second-order valence-corrected chi connectivity index (χ2v) is 4.73. The molecule has 0 fully saturated rings. The smallest absolute Gasteiger partial charge is 0.147 e. The molecule has 0 radical (unpaired) electrons. The third-order valence-electron chi connectivity index (χ3n) is 3.31. The zero-order valence-electron chi connectivity index (χ0n) is 11.1. The van der Waals surface area contributed by atoms with Gasteiger partial charge in [0.15, 0.2) is 0 Å². The summed E-state index contributed by atoms with van der Waals surface area (Å²) in [6.07, 6.45) is 3.67. The van der Waals surface area contributed by atoms with Gasteiger partial charge in [0.25, 0.3) is 0 Å². The van der Waals surface area contributed by atoms with Gasteiger partial charge in [-0.3, -0.25) is 4.90 Å². The number of fused-ring (bicyclic) bond motifs is 1. The summed E-state index contributed by atoms with van der Waals surface area (Å²) in [6.45, 7) is 6.75. The molecule has 1 aliphatic rings. The van der Waals surface area contributed by atoms with Gasteiger partial charge >= 0.3 is 0 Å². The largest absolute Gasteiger partial charge is 0.370 e. The number of anilines is 1. The number of hydrogen-bond acceptors (Lipinski definition) is 5. The standard InChI is InChI=1S/C13H18N6/c1-2-14-12-7-11(3-4-15-12)8-18-5-6-19-10-16-17-13(19)9-18/h3-4,7,10H,2,5-6,8-9H2,1H3,(H,14,15). The molecule has 3 rings (SSSR count). The SMILES string of the molecule is CCNc1cc(CN2CCn3cnnc3C2)ccn1. The highest BCUT2D eigenvalue weighted by molar-refractivity contribution is 5.37. The van der Waals surface area contributed by atoms with Crippen molar-refractivity contribution in [3.63, 3.8) is 0 Å². The fourth-order valence-corrected chi connectivity index (χ4v) is 2.36. The Kier molecular flexibility index (Phi) is 3.41. The van der Waals surface area contributed by atoms with Crippen molar-refractivity contribution in [3.8, 4) is 0 Å². The highest BCUT2D eigenvalue weighted by Gasteiger charge is 2.17. The molecule has 2 aromatic heterocycles. The van der Waals surface area contributed by atoms with Crippen molar-refractivity contribution in [2.75, 3.05) is 18.4 Å². The van der Waals surface area contributed by atoms with Crippen LogP contribution in [0.15, 0.2) is 24.7 Å². The molecule has 1 aliphatic heterocycles. The van der Waals surface area contributed by atoms with E-state index in [2.05, 4.69) is 49.0 Å². The van der Waals surface area contributed by atoms with E-state index in [0.717, 1.165) is 44.4 Å². The second kappa shape index (κ2) is 5.36. The molecular weight excluding hydrogens is 240 g/mol. The number of nitrogens with zero attached hydrogens (tertiary/aromatic N) is 5. The van der Waals surface area contributed by atoms with Crippen molar-refractivity contribution in [2.45, 2.75) is 26.6 Å². The Hall–Kier alpha value is -1.95. The van der Waals surface area contributed by atoms with Crippen LogP contribution in [0.1, 0.15) is 18.3 Å². The van der Waals surface area contributed by atoms with E-state index < -0.39 is 0 Å². The summed E-state index contributed by atoms with van der Waals surface area (Å²) in [5.41, 5.74) is 1.28. The van der Waals surface area contributed by atoms with Crippen LogP contribution < -0.4 is 5.32 Å². The molecule has 0 spiro atoms. The van der Waals surface area contributed by atoms with Gasteiger partial charge in [-0.25, -0.2) is 4.98 Å². The van der Waals surface area contributed by atoms with Gasteiger partial charge in [0.05, 0.1) is 6.54 Å². The maximum atomic E-state index is 4.29. The van der Waals surface area contributed by atoms with Crippen LogP contribution in [0.2, 0.25) is 0 Å². The summed E-state index contributed by atoms with van der Waals surface area (Å²) >= 11 is 0. The van der Waals surface area contributed by atoms with Crippen LogP contribution in [0, 0.1) is 0 Å². The molecule has 0 saturated carbocycles. The van der Waals surface area contributed by atoms with E-state index >= 15 is 0 Å². The van der Waals surface area contributed by atoms with Gasteiger partial charge in [0, 0.05) is 32.4 Å². The third-order valence-corrected chi connectivity index (χ3v) is 3.31. The lowest BCUT2D eigenvalue weighted by molar-refractivity contribution is 0.209. The monoisotopic (exact) mass is 258 g/mol. The van der Waals surface area contributed by atoms with Gasteiger partial charge in [-0.1, -0.05) is 0 Å². The molecule has 100 valence electrons. The summed E-state index contributed by atoms with van der Waals surface area (Å²) in [6, 6.07) is 4.18. The Morgan fingerprint density at radius 3 is 3.21 bits per heavy atom. The summed E-state index contributed by atoms with van der Waals surface area (Å²) in [4.78, 5) is 6.68. The lowest BCUT2D eigenvalue weighted by Gasteiger charge is -2.26. The van der Waals surface area contributed by atoms with Crippen molar-refractivity contribution in [3.05, 3.63) is 36.0 Å². The van der Waals surface area contributed by atoms with Crippen LogP contribution in [0.25, 0.3) is 0 Å². The van der Waals surface area contributed by atoms with Gasteiger partial charge in [0.1, 0.15) is 18.0 Å². The van der Waals surface area contributed by atoms with Gasteiger partial charge in [-0.15, -0.1) is 10.2 Å². The number of hydrogen-bond donors (Lipinski definition) is 1. The fourth-order valence-electron chi connectivity index (χ4n) is 2.36. The molecule has 3 heterocycles. The molecule has 6 nitrogen and oxygen atoms in total. The van der Waals surface area contributed by atoms with E-state index in [1.54, 1.807) is 0 Å². The molecule has 0 bridgehead atoms. The van der Waals surface area contributed by atoms with Crippen molar-refractivity contribution in [2.24, 2.45) is 0 Å². The minimum absolute atomic E-state index is 0.860. The van der Waals surface area contributed by atoms with E-state index in [1.807, 2.05) is 12.5 Å². The van der Waals surface area contributed by atoms with E-state index in [0.29, 0.717) is 0 Å². The Morgan fingerprint density at radius 1 is 1.37 bits per heavy atom. The lowest BCUT2D eigenvalue weighted by atomic mass is 10.2. The van der Waals surface area contributed by atoms with Gasteiger partial charge in [-0.2, -0.15) is 0 Å². The minimum atomic E-state index is 0.860. The molecule has 0 atom stereocenters. The molecule has 0 amide bonds. The summed E-state index contributed by atoms with van der Waals surface area (Å²) in [5.74, 6) is 1.99. The quantitative estimate of drug-likeness (QED) is 0.890. The first-order valence-electron chi connectivity index (χ1n) is 6.63. The van der Waals surface area contributed by atoms with E-state index in [1.165, 1.54) is 5.56 Å². The molecule has 0 aromatic carbocycles. The van der Waals surface area contributed by atoms with Crippen molar-refractivity contribution >= 4 is 5.82 Å². The minimum Gasteiger partial charge on any atom is -0.370 e. The number of rotatable bonds is 4. The number of pyridine rings is 1. The van der Waals surface area contributed by atoms with E-state index in [-0.39, 0.29) is 0 Å². The Bertz CT molecular complexity index is 550. The molecule has 0 aliphatic carbocycles. The van der Waals surface area contributed by atoms with Gasteiger partial charge in [0.2, 0.25) is 0 Å². The molecule has 2 aromatic rings. The van der Waals surface area contributed by atoms with Gasteiger partial charge < -0.3 is 9.88 Å². The first kappa shape index (κ1) is 12.1. The van der Waals surface area contributed by atoms with Crippen LogP contribution in [0.3, 0.4) is 0 Å². The summed E-state index contributed by atoms with van der Waals surface area (Å²) < 4.78 is 2.12. The lowest BCUT2D eigenvalue weighted by Crippen LogP contribution is -2.33. The molecule has 1 N–H and O–H groups in total. The summed E-state index contributed by atoms with van der Waals surface area (Å²) in [5, 5.41) is 11.3. The highest BCUT2D eigenvalue weighted by Crippen LogP contribution is 2.14. The number of aromatic nitrogens is 4. The Morgan fingerprint density at radius 2 is 2.32 bits per heavy atom. The van der Waals surface area contributed by atoms with E-state index in [4.69, 9.17) is 0 Å². The molecule has 0 unspecified atom stereocenters. The first-order valence-corrected chi connectivity index (χ1v) is 6.63. The van der Waals surface area contributed by atoms with Gasteiger partial charge in [-0.05, 0) is 24.6 Å². The van der Waals surface area contributed by atoms with Crippen LogP contribution in [0.4, 0.5) is 5.82 Å². The second-order valence-electron chi connectivity index (χ2n) is 4.73. The van der Waals surface area contributed by atoms with Crippen molar-refractivity contribution in [1.82, 2.24) is 24.6 Å². The topological polar surface area (TPSA) is 58.9 Å². The third kappa shape index (κ3) is 2.73. The zero-order valence-corrected chi connectivity index (χ0v) is 11.1. The average molecular weight is 258 g/mol.